The van der Waals surface area contributed by atoms with E-state index in [1.165, 1.54) is 0 Å². The van der Waals surface area contributed by atoms with Crippen molar-refractivity contribution in [3.05, 3.63) is 11.8 Å². The average Bonchev–Trinajstić information content (AvgIpc) is 2.63. The lowest BCUT2D eigenvalue weighted by Crippen LogP contribution is -2.31. The summed E-state index contributed by atoms with van der Waals surface area (Å²) in [5.41, 5.74) is 0.0472. The zero-order chi connectivity index (χ0) is 11.3. The fourth-order valence-electron chi connectivity index (χ4n) is 1.58. The zero-order valence-corrected chi connectivity index (χ0v) is 10.1. The fourth-order valence-corrected chi connectivity index (χ4v) is 1.58. The molecule has 0 fully saturated rings. The highest BCUT2D eigenvalue weighted by Crippen LogP contribution is 2.30. The topological polar surface area (TPSA) is 18.5 Å². The maximum absolute atomic E-state index is 5.76. The molecule has 0 saturated carbocycles. The fraction of sp³-hybridized carbons (Fsp3) is 0.692. The molecule has 1 aliphatic heterocycles. The molecule has 2 heteroatoms. The van der Waals surface area contributed by atoms with Gasteiger partial charge in [-0.1, -0.05) is 26.7 Å². The molecule has 0 saturated heterocycles. The summed E-state index contributed by atoms with van der Waals surface area (Å²) >= 11 is 0. The predicted molar refractivity (Wildman–Crippen MR) is 61.3 cm³/mol. The Morgan fingerprint density at radius 2 is 2.27 bits per heavy atom. The Balaban J connectivity index is 2.64. The van der Waals surface area contributed by atoms with Crippen LogP contribution in [0.25, 0.3) is 0 Å². The summed E-state index contributed by atoms with van der Waals surface area (Å²) in [7, 11) is 0. The Bertz CT molecular complexity index is 286. The smallest absolute Gasteiger partial charge is 0.121 e. The van der Waals surface area contributed by atoms with Crippen molar-refractivity contribution in [2.45, 2.75) is 40.2 Å². The molecule has 0 aromatic heterocycles. The van der Waals surface area contributed by atoms with E-state index in [1.54, 1.807) is 0 Å². The molecule has 1 heterocycles. The first-order valence-electron chi connectivity index (χ1n) is 5.40. The molecule has 1 unspecified atom stereocenters. The van der Waals surface area contributed by atoms with E-state index in [4.69, 9.17) is 9.47 Å². The summed E-state index contributed by atoms with van der Waals surface area (Å²) in [6.45, 7) is 9.53. The Labute approximate surface area is 92.6 Å². The summed E-state index contributed by atoms with van der Waals surface area (Å²) in [5, 5.41) is 0. The summed E-state index contributed by atoms with van der Waals surface area (Å²) in [4.78, 5) is 0. The first-order valence-corrected chi connectivity index (χ1v) is 5.40. The van der Waals surface area contributed by atoms with Crippen molar-refractivity contribution >= 4 is 0 Å². The van der Waals surface area contributed by atoms with Gasteiger partial charge in [0, 0.05) is 6.42 Å². The van der Waals surface area contributed by atoms with E-state index >= 15 is 0 Å². The summed E-state index contributed by atoms with van der Waals surface area (Å²) in [6.07, 6.45) is 3.13. The molecule has 0 amide bonds. The molecule has 0 aromatic rings. The second kappa shape index (κ2) is 5.23. The van der Waals surface area contributed by atoms with Gasteiger partial charge in [0.1, 0.15) is 18.5 Å². The Hall–Kier alpha value is -0.940. The van der Waals surface area contributed by atoms with Gasteiger partial charge in [0.15, 0.2) is 0 Å². The average molecular weight is 208 g/mol. The van der Waals surface area contributed by atoms with Crippen LogP contribution in [0.1, 0.15) is 34.1 Å². The second-order valence-corrected chi connectivity index (χ2v) is 4.73. The summed E-state index contributed by atoms with van der Waals surface area (Å²) in [6, 6.07) is 0. The van der Waals surface area contributed by atoms with E-state index in [1.807, 2.05) is 6.92 Å². The van der Waals surface area contributed by atoms with Crippen molar-refractivity contribution in [2.75, 3.05) is 13.2 Å². The summed E-state index contributed by atoms with van der Waals surface area (Å²) < 4.78 is 11.3. The van der Waals surface area contributed by atoms with Gasteiger partial charge in [-0.15, -0.1) is 5.92 Å². The lowest BCUT2D eigenvalue weighted by Gasteiger charge is -2.30. The molecule has 1 atom stereocenters. The number of ether oxygens (including phenoxy) is 2. The molecule has 0 aromatic carbocycles. The van der Waals surface area contributed by atoms with Gasteiger partial charge in [-0.3, -0.25) is 0 Å². The van der Waals surface area contributed by atoms with Crippen LogP contribution >= 0.6 is 0 Å². The van der Waals surface area contributed by atoms with Gasteiger partial charge >= 0.3 is 0 Å². The molecular weight excluding hydrogens is 188 g/mol. The zero-order valence-electron chi connectivity index (χ0n) is 10.1. The molecule has 0 bridgehead atoms. The molecule has 1 aliphatic rings. The van der Waals surface area contributed by atoms with E-state index in [9.17, 15) is 0 Å². The van der Waals surface area contributed by atoms with E-state index in [0.29, 0.717) is 6.61 Å². The van der Waals surface area contributed by atoms with Crippen LogP contribution in [0.2, 0.25) is 0 Å². The molecule has 15 heavy (non-hydrogen) atoms. The van der Waals surface area contributed by atoms with E-state index in [0.717, 1.165) is 18.8 Å². The molecule has 2 nitrogen and oxygen atoms in total. The van der Waals surface area contributed by atoms with Crippen LogP contribution in [0.3, 0.4) is 0 Å². The monoisotopic (exact) mass is 208 g/mol. The van der Waals surface area contributed by atoms with Crippen LogP contribution in [0.4, 0.5) is 0 Å². The van der Waals surface area contributed by atoms with Gasteiger partial charge in [-0.05, 0) is 18.4 Å². The van der Waals surface area contributed by atoms with Gasteiger partial charge in [-0.2, -0.15) is 0 Å². The maximum Gasteiger partial charge on any atom is 0.121 e. The summed E-state index contributed by atoms with van der Waals surface area (Å²) in [5.74, 6) is 6.72. The molecule has 0 aliphatic carbocycles. The van der Waals surface area contributed by atoms with Crippen LogP contribution in [0.5, 0.6) is 0 Å². The minimum atomic E-state index is 0.0147. The highest BCUT2D eigenvalue weighted by Gasteiger charge is 2.31. The van der Waals surface area contributed by atoms with Gasteiger partial charge in [0.05, 0.1) is 6.61 Å². The number of hydrogen-bond acceptors (Lipinski definition) is 2. The van der Waals surface area contributed by atoms with Crippen LogP contribution in [-0.2, 0) is 9.47 Å². The largest absolute Gasteiger partial charge is 0.495 e. The third-order valence-electron chi connectivity index (χ3n) is 2.28. The molecular formula is C13H20O2. The van der Waals surface area contributed by atoms with E-state index < -0.39 is 0 Å². The SMILES string of the molecule is CC#CCOC(C1=CCCO1)C(C)(C)C. The van der Waals surface area contributed by atoms with Crippen LogP contribution < -0.4 is 0 Å². The van der Waals surface area contributed by atoms with E-state index in [2.05, 4.69) is 38.7 Å². The molecule has 0 radical (unpaired) electrons. The van der Waals surface area contributed by atoms with Crippen LogP contribution in [-0.4, -0.2) is 19.3 Å². The maximum atomic E-state index is 5.76. The minimum Gasteiger partial charge on any atom is -0.495 e. The standard InChI is InChI=1S/C13H20O2/c1-5-6-9-15-12(13(2,3)4)11-8-7-10-14-11/h8,12H,7,9-10H2,1-4H3. The van der Waals surface area contributed by atoms with Gasteiger partial charge in [-0.25, -0.2) is 0 Å². The van der Waals surface area contributed by atoms with Gasteiger partial charge in [0.25, 0.3) is 0 Å². The molecule has 0 N–H and O–H groups in total. The predicted octanol–water partition coefficient (Wildman–Crippen LogP) is 2.75. The Kier molecular flexibility index (Phi) is 4.23. The highest BCUT2D eigenvalue weighted by atomic mass is 16.5. The van der Waals surface area contributed by atoms with Crippen molar-refractivity contribution in [1.29, 1.82) is 0 Å². The van der Waals surface area contributed by atoms with Crippen molar-refractivity contribution < 1.29 is 9.47 Å². The number of hydrogen-bond donors (Lipinski definition) is 0. The molecule has 1 rings (SSSR count). The second-order valence-electron chi connectivity index (χ2n) is 4.73. The van der Waals surface area contributed by atoms with Crippen molar-refractivity contribution in [3.8, 4) is 11.8 Å². The third-order valence-corrected chi connectivity index (χ3v) is 2.28. The first-order chi connectivity index (χ1) is 7.05. The number of rotatable bonds is 3. The normalized spacial score (nSPS) is 17.5. The first kappa shape index (κ1) is 12.1. The lowest BCUT2D eigenvalue weighted by atomic mass is 9.87. The van der Waals surface area contributed by atoms with Crippen LogP contribution in [0, 0.1) is 17.3 Å². The third kappa shape index (κ3) is 3.60. The quantitative estimate of drug-likeness (QED) is 0.664. The lowest BCUT2D eigenvalue weighted by molar-refractivity contribution is -0.0104. The molecule has 0 spiro atoms. The van der Waals surface area contributed by atoms with Gasteiger partial charge in [0.2, 0.25) is 0 Å². The van der Waals surface area contributed by atoms with Crippen molar-refractivity contribution in [2.24, 2.45) is 5.41 Å². The van der Waals surface area contributed by atoms with Gasteiger partial charge < -0.3 is 9.47 Å². The van der Waals surface area contributed by atoms with Crippen molar-refractivity contribution in [3.63, 3.8) is 0 Å². The van der Waals surface area contributed by atoms with Crippen LogP contribution in [0.15, 0.2) is 11.8 Å². The Morgan fingerprint density at radius 3 is 2.73 bits per heavy atom. The van der Waals surface area contributed by atoms with Crippen molar-refractivity contribution in [1.82, 2.24) is 0 Å². The Morgan fingerprint density at radius 1 is 1.53 bits per heavy atom. The molecule has 84 valence electrons. The highest BCUT2D eigenvalue weighted by molar-refractivity contribution is 5.09. The minimum absolute atomic E-state index is 0.0147. The van der Waals surface area contributed by atoms with E-state index in [-0.39, 0.29) is 11.5 Å².